The lowest BCUT2D eigenvalue weighted by Gasteiger charge is -1.89. The maximum atomic E-state index is 9.15. The van der Waals surface area contributed by atoms with Crippen molar-refractivity contribution in [2.45, 2.75) is 0 Å². The molecule has 0 aliphatic carbocycles. The van der Waals surface area contributed by atoms with Gasteiger partial charge >= 0.3 is 0 Å². The quantitative estimate of drug-likeness (QED) is 0.615. The van der Waals surface area contributed by atoms with Crippen molar-refractivity contribution in [3.63, 3.8) is 0 Å². The molecule has 76 valence electrons. The minimum Gasteiger partial charge on any atom is -0.461 e. The highest BCUT2D eigenvalue weighted by Crippen LogP contribution is 2.32. The Morgan fingerprint density at radius 2 is 1.94 bits per heavy atom. The molecule has 0 bridgehead atoms. The van der Waals surface area contributed by atoms with E-state index in [0.717, 1.165) is 5.39 Å². The van der Waals surface area contributed by atoms with Gasteiger partial charge in [0.2, 0.25) is 0 Å². The van der Waals surface area contributed by atoms with E-state index in [2.05, 4.69) is 6.07 Å². The van der Waals surface area contributed by atoms with Gasteiger partial charge in [-0.3, -0.25) is 0 Å². The number of hydrogen-bond donors (Lipinski definition) is 0. The highest BCUT2D eigenvalue weighted by molar-refractivity contribution is 5.89. The van der Waals surface area contributed by atoms with Crippen LogP contribution in [-0.2, 0) is 0 Å². The minimum atomic E-state index is 0.494. The number of rotatable bonds is 1. The van der Waals surface area contributed by atoms with Crippen molar-refractivity contribution in [1.29, 1.82) is 5.26 Å². The standard InChI is InChI=1S/C13H7NO2/c14-8-10-9-4-1-2-5-11(9)16-13(10)12-6-3-7-15-12/h1-7H. The molecule has 0 fully saturated rings. The third-order valence-corrected chi connectivity index (χ3v) is 2.45. The van der Waals surface area contributed by atoms with Crippen LogP contribution in [0.4, 0.5) is 0 Å². The third-order valence-electron chi connectivity index (χ3n) is 2.45. The minimum absolute atomic E-state index is 0.494. The molecule has 0 N–H and O–H groups in total. The van der Waals surface area contributed by atoms with Gasteiger partial charge in [0.05, 0.1) is 6.26 Å². The van der Waals surface area contributed by atoms with Gasteiger partial charge in [-0.05, 0) is 24.3 Å². The molecule has 0 spiro atoms. The molecular formula is C13H7NO2. The summed E-state index contributed by atoms with van der Waals surface area (Å²) in [6.07, 6.45) is 1.56. The first kappa shape index (κ1) is 8.81. The fourth-order valence-corrected chi connectivity index (χ4v) is 1.74. The summed E-state index contributed by atoms with van der Waals surface area (Å²) in [7, 11) is 0. The molecule has 3 nitrogen and oxygen atoms in total. The normalized spacial score (nSPS) is 10.4. The van der Waals surface area contributed by atoms with Crippen LogP contribution in [0.25, 0.3) is 22.5 Å². The molecule has 0 unspecified atom stereocenters. The lowest BCUT2D eigenvalue weighted by atomic mass is 10.1. The van der Waals surface area contributed by atoms with Gasteiger partial charge in [-0.15, -0.1) is 0 Å². The summed E-state index contributed by atoms with van der Waals surface area (Å²) in [5.74, 6) is 1.07. The Hall–Kier alpha value is -2.47. The second-order valence-electron chi connectivity index (χ2n) is 3.39. The Bertz CT molecular complexity index is 672. The molecule has 3 heteroatoms. The molecule has 0 atom stereocenters. The topological polar surface area (TPSA) is 50.1 Å². The second kappa shape index (κ2) is 3.28. The van der Waals surface area contributed by atoms with E-state index in [1.165, 1.54) is 0 Å². The van der Waals surface area contributed by atoms with Crippen LogP contribution >= 0.6 is 0 Å². The van der Waals surface area contributed by atoms with Gasteiger partial charge in [-0.1, -0.05) is 12.1 Å². The molecule has 0 amide bonds. The summed E-state index contributed by atoms with van der Waals surface area (Å²) in [5, 5.41) is 9.97. The Morgan fingerprint density at radius 3 is 2.69 bits per heavy atom. The number of para-hydroxylation sites is 1. The lowest BCUT2D eigenvalue weighted by molar-refractivity contribution is 0.542. The van der Waals surface area contributed by atoms with Crippen LogP contribution in [-0.4, -0.2) is 0 Å². The van der Waals surface area contributed by atoms with Crippen molar-refractivity contribution < 1.29 is 8.83 Å². The molecule has 3 rings (SSSR count). The number of nitriles is 1. The fraction of sp³-hybridized carbons (Fsp3) is 0. The zero-order chi connectivity index (χ0) is 11.0. The lowest BCUT2D eigenvalue weighted by Crippen LogP contribution is -1.74. The molecule has 2 heterocycles. The number of nitrogens with zero attached hydrogens (tertiary/aromatic N) is 1. The summed E-state index contributed by atoms with van der Waals surface area (Å²) in [6, 6.07) is 13.2. The van der Waals surface area contributed by atoms with Crippen molar-refractivity contribution in [2.75, 3.05) is 0 Å². The van der Waals surface area contributed by atoms with E-state index in [0.29, 0.717) is 22.7 Å². The smallest absolute Gasteiger partial charge is 0.188 e. The number of fused-ring (bicyclic) bond motifs is 1. The zero-order valence-electron chi connectivity index (χ0n) is 8.31. The van der Waals surface area contributed by atoms with Crippen LogP contribution in [0.15, 0.2) is 51.5 Å². The van der Waals surface area contributed by atoms with Gasteiger partial charge in [0, 0.05) is 5.39 Å². The van der Waals surface area contributed by atoms with E-state index >= 15 is 0 Å². The Balaban J connectivity index is 2.38. The van der Waals surface area contributed by atoms with Crippen molar-refractivity contribution in [2.24, 2.45) is 0 Å². The highest BCUT2D eigenvalue weighted by atomic mass is 16.4. The molecule has 0 radical (unpaired) electrons. The molecule has 0 saturated carbocycles. The van der Waals surface area contributed by atoms with Gasteiger partial charge in [-0.2, -0.15) is 5.26 Å². The van der Waals surface area contributed by atoms with Crippen molar-refractivity contribution in [3.05, 3.63) is 48.2 Å². The maximum Gasteiger partial charge on any atom is 0.188 e. The van der Waals surface area contributed by atoms with Crippen LogP contribution in [0.5, 0.6) is 0 Å². The molecule has 16 heavy (non-hydrogen) atoms. The Labute approximate surface area is 91.5 Å². The molecule has 0 saturated heterocycles. The van der Waals surface area contributed by atoms with E-state index in [-0.39, 0.29) is 0 Å². The zero-order valence-corrected chi connectivity index (χ0v) is 8.31. The average Bonchev–Trinajstić information content (AvgIpc) is 2.95. The Kier molecular flexibility index (Phi) is 1.81. The van der Waals surface area contributed by atoms with E-state index in [4.69, 9.17) is 14.1 Å². The first-order chi connectivity index (χ1) is 7.90. The first-order valence-electron chi connectivity index (χ1n) is 4.85. The maximum absolute atomic E-state index is 9.15. The SMILES string of the molecule is N#Cc1c(-c2ccco2)oc2ccccc12. The van der Waals surface area contributed by atoms with Crippen molar-refractivity contribution >= 4 is 11.0 Å². The molecule has 3 aromatic rings. The van der Waals surface area contributed by atoms with E-state index < -0.39 is 0 Å². The third kappa shape index (κ3) is 1.14. The van der Waals surface area contributed by atoms with Crippen LogP contribution in [0.3, 0.4) is 0 Å². The summed E-state index contributed by atoms with van der Waals surface area (Å²) in [4.78, 5) is 0. The Morgan fingerprint density at radius 1 is 1.06 bits per heavy atom. The van der Waals surface area contributed by atoms with Crippen LogP contribution in [0, 0.1) is 11.3 Å². The fourth-order valence-electron chi connectivity index (χ4n) is 1.74. The summed E-state index contributed by atoms with van der Waals surface area (Å²) < 4.78 is 10.9. The predicted octanol–water partition coefficient (Wildman–Crippen LogP) is 3.56. The summed E-state index contributed by atoms with van der Waals surface area (Å²) >= 11 is 0. The molecule has 1 aromatic carbocycles. The van der Waals surface area contributed by atoms with Gasteiger partial charge < -0.3 is 8.83 Å². The van der Waals surface area contributed by atoms with Crippen molar-refractivity contribution in [1.82, 2.24) is 0 Å². The largest absolute Gasteiger partial charge is 0.461 e. The highest BCUT2D eigenvalue weighted by Gasteiger charge is 2.16. The van der Waals surface area contributed by atoms with Crippen molar-refractivity contribution in [3.8, 4) is 17.6 Å². The molecule has 2 aromatic heterocycles. The van der Waals surface area contributed by atoms with E-state index in [1.807, 2.05) is 24.3 Å². The first-order valence-corrected chi connectivity index (χ1v) is 4.85. The summed E-state index contributed by atoms with van der Waals surface area (Å²) in [6.45, 7) is 0. The second-order valence-corrected chi connectivity index (χ2v) is 3.39. The van der Waals surface area contributed by atoms with Gasteiger partial charge in [0.25, 0.3) is 0 Å². The van der Waals surface area contributed by atoms with Gasteiger partial charge in [0.15, 0.2) is 11.5 Å². The molecular weight excluding hydrogens is 202 g/mol. The van der Waals surface area contributed by atoms with Crippen LogP contribution < -0.4 is 0 Å². The van der Waals surface area contributed by atoms with Gasteiger partial charge in [0.1, 0.15) is 17.2 Å². The van der Waals surface area contributed by atoms with E-state index in [1.54, 1.807) is 18.4 Å². The number of hydrogen-bond acceptors (Lipinski definition) is 3. The number of benzene rings is 1. The molecule has 0 aliphatic heterocycles. The number of furan rings is 2. The van der Waals surface area contributed by atoms with Crippen LogP contribution in [0.1, 0.15) is 5.56 Å². The average molecular weight is 209 g/mol. The summed E-state index contributed by atoms with van der Waals surface area (Å²) in [5.41, 5.74) is 1.22. The molecule has 0 aliphatic rings. The predicted molar refractivity (Wildman–Crippen MR) is 58.6 cm³/mol. The van der Waals surface area contributed by atoms with E-state index in [9.17, 15) is 0 Å². The van der Waals surface area contributed by atoms with Gasteiger partial charge in [-0.25, -0.2) is 0 Å². The van der Waals surface area contributed by atoms with Crippen LogP contribution in [0.2, 0.25) is 0 Å². The monoisotopic (exact) mass is 209 g/mol.